The van der Waals surface area contributed by atoms with E-state index >= 15 is 0 Å². The molecule has 0 aromatic rings. The van der Waals surface area contributed by atoms with Crippen molar-refractivity contribution in [1.82, 2.24) is 10.2 Å². The van der Waals surface area contributed by atoms with Gasteiger partial charge in [0, 0.05) is 24.1 Å². The highest BCUT2D eigenvalue weighted by molar-refractivity contribution is 9.11. The molecule has 0 bridgehead atoms. The van der Waals surface area contributed by atoms with Crippen molar-refractivity contribution >= 4 is 21.8 Å². The first-order valence-corrected chi connectivity index (χ1v) is 5.66. The van der Waals surface area contributed by atoms with Gasteiger partial charge in [-0.25, -0.2) is 0 Å². The van der Waals surface area contributed by atoms with Crippen LogP contribution in [0.3, 0.4) is 0 Å². The molecule has 1 aliphatic heterocycles. The van der Waals surface area contributed by atoms with Gasteiger partial charge in [-0.1, -0.05) is 36.4 Å². The third-order valence-corrected chi connectivity index (χ3v) is 2.62. The van der Waals surface area contributed by atoms with Crippen LogP contribution in [0.4, 0.5) is 0 Å². The number of carbonyl (C=O) groups is 1. The lowest BCUT2D eigenvalue weighted by atomic mass is 10.00. The van der Waals surface area contributed by atoms with Gasteiger partial charge in [0.05, 0.1) is 6.04 Å². The van der Waals surface area contributed by atoms with E-state index in [-0.39, 0.29) is 11.9 Å². The molecule has 1 amide bonds. The van der Waals surface area contributed by atoms with Crippen LogP contribution in [0.25, 0.3) is 0 Å². The lowest BCUT2D eigenvalue weighted by Crippen LogP contribution is -2.57. The highest BCUT2D eigenvalue weighted by Crippen LogP contribution is 2.16. The summed E-state index contributed by atoms with van der Waals surface area (Å²) in [5, 5.41) is 2.89. The number of carbonyl (C=O) groups excluding carboxylic acids is 1. The highest BCUT2D eigenvalue weighted by atomic mass is 79.9. The number of halogens is 1. The minimum absolute atomic E-state index is 0.0157. The quantitative estimate of drug-likeness (QED) is 0.831. The molecular weight excluding hydrogens is 244 g/mol. The first-order chi connectivity index (χ1) is 6.52. The number of nitrogens with zero attached hydrogens (tertiary/aromatic N) is 1. The molecule has 0 spiro atoms. The lowest BCUT2D eigenvalue weighted by molar-refractivity contribution is -0.130. The van der Waals surface area contributed by atoms with Gasteiger partial charge in [0.2, 0.25) is 5.91 Å². The fourth-order valence-electron chi connectivity index (χ4n) is 1.85. The zero-order valence-corrected chi connectivity index (χ0v) is 10.3. The predicted octanol–water partition coefficient (Wildman–Crippen LogP) is 1.35. The SMILES string of the molecule is C=C(Br)CN1CCNC(=O)C1C(C)C. The van der Waals surface area contributed by atoms with Crippen LogP contribution in [0, 0.1) is 5.92 Å². The van der Waals surface area contributed by atoms with Crippen molar-refractivity contribution in [2.45, 2.75) is 19.9 Å². The van der Waals surface area contributed by atoms with E-state index in [1.54, 1.807) is 0 Å². The summed E-state index contributed by atoms with van der Waals surface area (Å²) in [5.74, 6) is 0.474. The fraction of sp³-hybridized carbons (Fsp3) is 0.700. The summed E-state index contributed by atoms with van der Waals surface area (Å²) >= 11 is 3.34. The Balaban J connectivity index is 2.69. The van der Waals surface area contributed by atoms with Gasteiger partial charge in [-0.3, -0.25) is 9.69 Å². The fourth-order valence-corrected chi connectivity index (χ4v) is 2.18. The van der Waals surface area contributed by atoms with Crippen LogP contribution in [0.5, 0.6) is 0 Å². The molecule has 0 radical (unpaired) electrons. The molecule has 80 valence electrons. The van der Waals surface area contributed by atoms with Crippen molar-refractivity contribution in [3.05, 3.63) is 11.1 Å². The molecule has 0 aromatic carbocycles. The summed E-state index contributed by atoms with van der Waals surface area (Å²) in [6, 6.07) is -0.0157. The Kier molecular flexibility index (Phi) is 4.13. The molecule has 0 saturated carbocycles. The van der Waals surface area contributed by atoms with Crippen molar-refractivity contribution in [2.24, 2.45) is 5.92 Å². The molecule has 1 aliphatic rings. The molecule has 1 fully saturated rings. The first kappa shape index (κ1) is 11.7. The van der Waals surface area contributed by atoms with E-state index in [9.17, 15) is 4.79 Å². The topological polar surface area (TPSA) is 32.3 Å². The summed E-state index contributed by atoms with van der Waals surface area (Å²) < 4.78 is 0.929. The van der Waals surface area contributed by atoms with Crippen molar-refractivity contribution in [3.8, 4) is 0 Å². The molecule has 0 aromatic heterocycles. The minimum Gasteiger partial charge on any atom is -0.353 e. The average Bonchev–Trinajstić information content (AvgIpc) is 2.01. The van der Waals surface area contributed by atoms with Gasteiger partial charge >= 0.3 is 0 Å². The van der Waals surface area contributed by atoms with E-state index in [0.29, 0.717) is 5.92 Å². The number of piperazine rings is 1. The number of amides is 1. The van der Waals surface area contributed by atoms with Crippen LogP contribution in [-0.2, 0) is 4.79 Å². The Bertz CT molecular complexity index is 240. The van der Waals surface area contributed by atoms with Crippen LogP contribution < -0.4 is 5.32 Å². The van der Waals surface area contributed by atoms with E-state index in [1.807, 2.05) is 0 Å². The number of nitrogens with one attached hydrogen (secondary N) is 1. The Morgan fingerprint density at radius 2 is 2.43 bits per heavy atom. The maximum absolute atomic E-state index is 11.6. The second kappa shape index (κ2) is 4.94. The molecule has 1 saturated heterocycles. The van der Waals surface area contributed by atoms with Crippen molar-refractivity contribution < 1.29 is 4.79 Å². The lowest BCUT2D eigenvalue weighted by Gasteiger charge is -2.37. The third kappa shape index (κ3) is 2.82. The largest absolute Gasteiger partial charge is 0.353 e. The Morgan fingerprint density at radius 1 is 1.79 bits per heavy atom. The molecule has 1 unspecified atom stereocenters. The zero-order chi connectivity index (χ0) is 10.7. The third-order valence-electron chi connectivity index (χ3n) is 2.37. The maximum atomic E-state index is 11.6. The Hall–Kier alpha value is -0.350. The number of rotatable bonds is 3. The predicted molar refractivity (Wildman–Crippen MR) is 61.3 cm³/mol. The molecule has 1 N–H and O–H groups in total. The smallest absolute Gasteiger partial charge is 0.237 e. The summed E-state index contributed by atoms with van der Waals surface area (Å²) in [4.78, 5) is 13.8. The molecule has 1 rings (SSSR count). The molecule has 3 nitrogen and oxygen atoms in total. The van der Waals surface area contributed by atoms with Gasteiger partial charge in [-0.15, -0.1) is 0 Å². The second-order valence-electron chi connectivity index (χ2n) is 3.97. The van der Waals surface area contributed by atoms with Crippen molar-refractivity contribution in [3.63, 3.8) is 0 Å². The first-order valence-electron chi connectivity index (χ1n) is 4.87. The Labute approximate surface area is 93.7 Å². The van der Waals surface area contributed by atoms with Crippen molar-refractivity contribution in [2.75, 3.05) is 19.6 Å². The summed E-state index contributed by atoms with van der Waals surface area (Å²) in [7, 11) is 0. The van der Waals surface area contributed by atoms with Crippen LogP contribution in [0.1, 0.15) is 13.8 Å². The molecule has 4 heteroatoms. The highest BCUT2D eigenvalue weighted by Gasteiger charge is 2.31. The normalized spacial score (nSPS) is 23.7. The van der Waals surface area contributed by atoms with Gasteiger partial charge < -0.3 is 5.32 Å². The van der Waals surface area contributed by atoms with Gasteiger partial charge in [0.1, 0.15) is 0 Å². The minimum atomic E-state index is -0.0157. The molecular formula is C10H17BrN2O. The van der Waals surface area contributed by atoms with Gasteiger partial charge in [0.25, 0.3) is 0 Å². The zero-order valence-electron chi connectivity index (χ0n) is 8.72. The molecule has 0 aliphatic carbocycles. The van der Waals surface area contributed by atoms with Crippen LogP contribution >= 0.6 is 15.9 Å². The molecule has 1 atom stereocenters. The maximum Gasteiger partial charge on any atom is 0.237 e. The van der Waals surface area contributed by atoms with E-state index in [0.717, 1.165) is 24.1 Å². The van der Waals surface area contributed by atoms with Gasteiger partial charge in [0.15, 0.2) is 0 Å². The summed E-state index contributed by atoms with van der Waals surface area (Å²) in [6.45, 7) is 10.3. The number of hydrogen-bond donors (Lipinski definition) is 1. The number of hydrogen-bond acceptors (Lipinski definition) is 2. The molecule has 14 heavy (non-hydrogen) atoms. The standard InChI is InChI=1S/C10H17BrN2O/c1-7(2)9-10(14)12-4-5-13(9)6-8(3)11/h7,9H,3-6H2,1-2H3,(H,12,14). The second-order valence-corrected chi connectivity index (χ2v) is 5.09. The van der Waals surface area contributed by atoms with E-state index in [2.05, 4.69) is 46.6 Å². The van der Waals surface area contributed by atoms with Crippen LogP contribution in [0.2, 0.25) is 0 Å². The van der Waals surface area contributed by atoms with Crippen LogP contribution in [0.15, 0.2) is 11.1 Å². The van der Waals surface area contributed by atoms with E-state index in [1.165, 1.54) is 0 Å². The monoisotopic (exact) mass is 260 g/mol. The van der Waals surface area contributed by atoms with Gasteiger partial charge in [-0.05, 0) is 5.92 Å². The van der Waals surface area contributed by atoms with E-state index in [4.69, 9.17) is 0 Å². The van der Waals surface area contributed by atoms with Crippen LogP contribution in [-0.4, -0.2) is 36.5 Å². The average molecular weight is 261 g/mol. The van der Waals surface area contributed by atoms with Crippen molar-refractivity contribution in [1.29, 1.82) is 0 Å². The summed E-state index contributed by atoms with van der Waals surface area (Å²) in [6.07, 6.45) is 0. The summed E-state index contributed by atoms with van der Waals surface area (Å²) in [5.41, 5.74) is 0. The van der Waals surface area contributed by atoms with Gasteiger partial charge in [-0.2, -0.15) is 0 Å². The Morgan fingerprint density at radius 3 is 2.93 bits per heavy atom. The molecule has 1 heterocycles. The van der Waals surface area contributed by atoms with E-state index < -0.39 is 0 Å².